The molecule has 0 radical (unpaired) electrons. The van der Waals surface area contributed by atoms with Gasteiger partial charge in [0.25, 0.3) is 6.71 Å². The predicted octanol–water partition coefficient (Wildman–Crippen LogP) is 30.8. The highest BCUT2D eigenvalue weighted by molar-refractivity contribution is 7.20. The Morgan fingerprint density at radius 1 is 0.234 bits per heavy atom. The summed E-state index contributed by atoms with van der Waals surface area (Å²) in [5.74, 6) is 0. The van der Waals surface area contributed by atoms with E-state index < -0.39 is 37.7 Å². The highest BCUT2D eigenvalue weighted by Crippen LogP contribution is 2.57. The van der Waals surface area contributed by atoms with Crippen LogP contribution in [0.4, 0.5) is 34.1 Å². The molecule has 0 atom stereocenters. The van der Waals surface area contributed by atoms with E-state index in [9.17, 15) is 9.60 Å². The number of aromatic nitrogens is 1. The number of para-hydroxylation sites is 1. The van der Waals surface area contributed by atoms with Crippen molar-refractivity contribution < 1.29 is 9.60 Å². The second-order valence-corrected chi connectivity index (χ2v) is 43.5. The van der Waals surface area contributed by atoms with Gasteiger partial charge in [0.15, 0.2) is 8.07 Å². The van der Waals surface area contributed by atoms with Crippen LogP contribution in [-0.4, -0.2) is 19.4 Å². The molecule has 0 amide bonds. The zero-order chi connectivity index (χ0) is 98.9. The molecule has 0 bridgehead atoms. The first-order valence-corrected chi connectivity index (χ1v) is 49.7. The average Bonchev–Trinajstić information content (AvgIpc) is 1.02. The molecule has 23 rings (SSSR count). The summed E-state index contributed by atoms with van der Waals surface area (Å²) in [5, 5.41) is 5.33. The van der Waals surface area contributed by atoms with Gasteiger partial charge in [0.2, 0.25) is 0 Å². The first-order valence-electron chi connectivity index (χ1n) is 51.2. The highest BCUT2D eigenvalue weighted by atomic mass is 28.3. The molecule has 137 heavy (non-hydrogen) atoms. The Hall–Kier alpha value is -15.9. The summed E-state index contributed by atoms with van der Waals surface area (Å²) in [5.41, 5.74) is 30.8. The highest BCUT2D eigenvalue weighted by Gasteiger charge is 2.48. The van der Waals surface area contributed by atoms with Gasteiger partial charge in [0.05, 0.1) is 32.0 Å². The SMILES string of the molecule is [2H]c1c([2H])c([2H])c2c(c1[2H])c1c([2H])c(-c3ccccc3)c([2H])c([2H])c1n2-c1ccc2c(c1)N(c1c(-c3ccc(-c4ccccc4)cc3)cc(C(C)(C)C)cc1-c1ccc(-c3ccccc3)cc1)c1cc(C(C)(C)C)cc3c1B2c1cc(-c2ccc([Si](c4ccccc4)(c4ccccc4)c4ccccc4)cc2)ccc1N3c1c(-c2ccc(-c3ccccc3)cc2)cc(C(C)(C)C)cc1-c1ccc(-c2ccccc2)cc1. The summed E-state index contributed by atoms with van der Waals surface area (Å²) in [6.45, 7) is 20.3. The second-order valence-electron chi connectivity index (χ2n) is 39.7. The lowest BCUT2D eigenvalue weighted by atomic mass is 9.33. The lowest BCUT2D eigenvalue weighted by Gasteiger charge is -2.47. The van der Waals surface area contributed by atoms with Crippen molar-refractivity contribution in [1.82, 2.24) is 4.57 Å². The summed E-state index contributed by atoms with van der Waals surface area (Å²) in [4.78, 5) is 5.19. The first-order chi connectivity index (χ1) is 69.8. The fraction of sp³-hybridized carbons (Fsp3) is 0.0909. The average molecular weight is 1780 g/mol. The van der Waals surface area contributed by atoms with Gasteiger partial charge in [-0.15, -0.1) is 0 Å². The van der Waals surface area contributed by atoms with Gasteiger partial charge in [0, 0.05) is 61.5 Å². The van der Waals surface area contributed by atoms with Gasteiger partial charge >= 0.3 is 0 Å². The van der Waals surface area contributed by atoms with Crippen molar-refractivity contribution in [3.63, 3.8) is 0 Å². The third kappa shape index (κ3) is 15.4. The summed E-state index contributed by atoms with van der Waals surface area (Å²) in [6, 6.07) is 157. The fourth-order valence-electron chi connectivity index (χ4n) is 21.1. The smallest absolute Gasteiger partial charge is 0.252 e. The van der Waals surface area contributed by atoms with Crippen molar-refractivity contribution in [2.75, 3.05) is 9.80 Å². The third-order valence-electron chi connectivity index (χ3n) is 28.3. The Morgan fingerprint density at radius 3 is 0.927 bits per heavy atom. The van der Waals surface area contributed by atoms with E-state index in [0.717, 1.165) is 162 Å². The van der Waals surface area contributed by atoms with Crippen LogP contribution < -0.4 is 46.9 Å². The second kappa shape index (κ2) is 34.5. The van der Waals surface area contributed by atoms with Gasteiger partial charge in [-0.1, -0.05) is 469 Å². The van der Waals surface area contributed by atoms with Gasteiger partial charge in [-0.3, -0.25) is 0 Å². The molecule has 0 saturated heterocycles. The molecule has 1 aromatic heterocycles. The molecule has 0 aliphatic carbocycles. The Bertz CT molecular complexity index is 8250. The topological polar surface area (TPSA) is 11.4 Å². The van der Waals surface area contributed by atoms with Crippen LogP contribution in [0.25, 0.3) is 139 Å². The molecule has 0 spiro atoms. The molecule has 3 heterocycles. The maximum absolute atomic E-state index is 10.6. The Labute approximate surface area is 817 Å². The molecule has 0 fully saturated rings. The van der Waals surface area contributed by atoms with Crippen LogP contribution in [0.5, 0.6) is 0 Å². The van der Waals surface area contributed by atoms with E-state index in [0.29, 0.717) is 11.3 Å². The summed E-state index contributed by atoms with van der Waals surface area (Å²) >= 11 is 0. The molecule has 0 unspecified atom stereocenters. The van der Waals surface area contributed by atoms with Crippen LogP contribution in [0.15, 0.2) is 479 Å². The van der Waals surface area contributed by atoms with Crippen LogP contribution >= 0.6 is 0 Å². The van der Waals surface area contributed by atoms with E-state index in [1.165, 1.54) is 26.3 Å². The lowest BCUT2D eigenvalue weighted by molar-refractivity contribution is 0.590. The molecule has 0 saturated carbocycles. The van der Waals surface area contributed by atoms with E-state index >= 15 is 0 Å². The van der Waals surface area contributed by atoms with Gasteiger partial charge in [-0.2, -0.15) is 0 Å². The predicted molar refractivity (Wildman–Crippen MR) is 589 cm³/mol. The number of nitrogens with zero attached hydrogens (tertiary/aromatic N) is 3. The first kappa shape index (κ1) is 77.5. The molecule has 2 aliphatic rings. The quantitative estimate of drug-likeness (QED) is 0.0665. The lowest BCUT2D eigenvalue weighted by Crippen LogP contribution is -2.74. The fourth-order valence-corrected chi connectivity index (χ4v) is 25.9. The largest absolute Gasteiger partial charge is 0.310 e. The van der Waals surface area contributed by atoms with Crippen molar-refractivity contribution >= 4 is 108 Å². The maximum Gasteiger partial charge on any atom is 0.252 e. The Kier molecular flexibility index (Phi) is 19.5. The molecule has 2 aliphatic heterocycles. The number of benzene rings is 20. The molecule has 656 valence electrons. The summed E-state index contributed by atoms with van der Waals surface area (Å²) in [7, 11) is -3.04. The molecule has 3 nitrogen and oxygen atoms in total. The number of hydrogen-bond acceptors (Lipinski definition) is 2. The molecule has 20 aromatic carbocycles. The standard InChI is InChI=1S/C132H106BN3Si/c1-130(2,3)105-82-114(99-62-54-94(55-63-99)89-36-18-10-19-37-89)128(115(83-105)100-64-56-95(57-65-100)90-38-20-11-21-39-90)135-123-79-73-104(98-70-75-112(76-71-98)137(109-46-28-15-29-47-109,110-48-30-16-31-49-110)111-50-32-17-33-51-111)81-120(123)133-119-77-74-108(134-121-53-35-34-52-113(121)118-80-103(72-78-122(118)134)93-44-26-14-27-45-93)88-124(119)136(126-87-107(132(7,8)9)86-125(135)127(126)133)129-116(101-66-58-96(59-67-101)91-40-22-12-23-41-91)84-106(131(4,5)6)85-117(129)102-68-60-97(61-69-102)92-42-24-13-25-43-92/h10-88H,1-9H3/i34D,35D,52D,53D,72D,78D,80D. The van der Waals surface area contributed by atoms with Crippen molar-refractivity contribution in [3.05, 3.63) is 496 Å². The van der Waals surface area contributed by atoms with Gasteiger partial charge in [0.1, 0.15) is 0 Å². The van der Waals surface area contributed by atoms with Crippen molar-refractivity contribution in [2.45, 2.75) is 78.6 Å². The minimum Gasteiger partial charge on any atom is -0.310 e. The van der Waals surface area contributed by atoms with E-state index in [1.807, 2.05) is 30.3 Å². The minimum absolute atomic E-state index is 0.0922. The number of anilines is 6. The maximum atomic E-state index is 10.6. The minimum atomic E-state index is -3.04. The zero-order valence-electron chi connectivity index (χ0n) is 85.5. The van der Waals surface area contributed by atoms with Gasteiger partial charge < -0.3 is 14.4 Å². The number of rotatable bonds is 17. The van der Waals surface area contributed by atoms with Crippen LogP contribution in [-0.2, 0) is 16.2 Å². The normalized spacial score (nSPS) is 13.2. The Balaban J connectivity index is 0.883. The van der Waals surface area contributed by atoms with E-state index in [2.05, 4.69) is 479 Å². The van der Waals surface area contributed by atoms with E-state index in [-0.39, 0.29) is 63.0 Å². The van der Waals surface area contributed by atoms with Crippen molar-refractivity contribution in [1.29, 1.82) is 0 Å². The summed E-state index contributed by atoms with van der Waals surface area (Å²) < 4.78 is 72.8. The van der Waals surface area contributed by atoms with Crippen molar-refractivity contribution in [3.8, 4) is 117 Å². The molecular formula is C132H106BN3Si. The van der Waals surface area contributed by atoms with Crippen LogP contribution in [0.1, 0.15) is 88.6 Å². The molecule has 5 heteroatoms. The van der Waals surface area contributed by atoms with Crippen molar-refractivity contribution in [2.24, 2.45) is 0 Å². The van der Waals surface area contributed by atoms with Gasteiger partial charge in [-0.05, 0) is 232 Å². The number of fused-ring (bicyclic) bond motifs is 7. The zero-order valence-corrected chi connectivity index (χ0v) is 79.5. The number of hydrogen-bond donors (Lipinski definition) is 0. The monoisotopic (exact) mass is 1780 g/mol. The Morgan fingerprint density at radius 2 is 0.540 bits per heavy atom. The van der Waals surface area contributed by atoms with Crippen LogP contribution in [0, 0.1) is 0 Å². The molecule has 0 N–H and O–H groups in total. The van der Waals surface area contributed by atoms with E-state index in [4.69, 9.17) is 0 Å². The van der Waals surface area contributed by atoms with Gasteiger partial charge in [-0.25, -0.2) is 0 Å². The third-order valence-corrected chi connectivity index (χ3v) is 33.1. The van der Waals surface area contributed by atoms with Crippen LogP contribution in [0.2, 0.25) is 0 Å². The molecule has 21 aromatic rings. The van der Waals surface area contributed by atoms with Crippen LogP contribution in [0.3, 0.4) is 0 Å². The molecular weight excluding hydrogens is 1670 g/mol. The van der Waals surface area contributed by atoms with E-state index in [1.54, 1.807) is 4.57 Å². The summed E-state index contributed by atoms with van der Waals surface area (Å²) in [6.07, 6.45) is 0.